The molecule has 1 saturated carbocycles. The zero-order valence-corrected chi connectivity index (χ0v) is 11.9. The quantitative estimate of drug-likeness (QED) is 0.886. The van der Waals surface area contributed by atoms with Crippen molar-refractivity contribution in [2.45, 2.75) is 38.1 Å². The number of hydrogen-bond acceptors (Lipinski definition) is 3. The van der Waals surface area contributed by atoms with Crippen LogP contribution in [-0.4, -0.2) is 26.2 Å². The first-order chi connectivity index (χ1) is 8.98. The van der Waals surface area contributed by atoms with Gasteiger partial charge in [-0.15, -0.1) is 0 Å². The number of benzene rings is 1. The highest BCUT2D eigenvalue weighted by atomic mass is 16.5. The maximum Gasteiger partial charge on any atom is 0.230 e. The summed E-state index contributed by atoms with van der Waals surface area (Å²) in [6.45, 7) is 3.85. The highest BCUT2D eigenvalue weighted by molar-refractivity contribution is 5.88. The van der Waals surface area contributed by atoms with Crippen molar-refractivity contribution in [1.82, 2.24) is 5.32 Å². The SMILES string of the molecule is COc1ccc(C(C)(C)C(=O)NC2CC2)cc1OC. The van der Waals surface area contributed by atoms with Crippen molar-refractivity contribution < 1.29 is 14.3 Å². The fourth-order valence-corrected chi connectivity index (χ4v) is 1.95. The number of nitrogens with one attached hydrogen (secondary N) is 1. The van der Waals surface area contributed by atoms with Crippen molar-refractivity contribution in [2.24, 2.45) is 0 Å². The van der Waals surface area contributed by atoms with E-state index in [4.69, 9.17) is 9.47 Å². The van der Waals surface area contributed by atoms with Crippen molar-refractivity contribution >= 4 is 5.91 Å². The van der Waals surface area contributed by atoms with E-state index in [0.29, 0.717) is 17.5 Å². The first-order valence-corrected chi connectivity index (χ1v) is 6.52. The van der Waals surface area contributed by atoms with E-state index in [2.05, 4.69) is 5.32 Å². The third-order valence-corrected chi connectivity index (χ3v) is 3.59. The average molecular weight is 263 g/mol. The van der Waals surface area contributed by atoms with Crippen molar-refractivity contribution in [3.05, 3.63) is 23.8 Å². The minimum atomic E-state index is -0.581. The lowest BCUT2D eigenvalue weighted by molar-refractivity contribution is -0.125. The molecule has 0 radical (unpaired) electrons. The van der Waals surface area contributed by atoms with E-state index in [1.165, 1.54) is 0 Å². The van der Waals surface area contributed by atoms with Crippen LogP contribution in [0.5, 0.6) is 11.5 Å². The van der Waals surface area contributed by atoms with E-state index in [9.17, 15) is 4.79 Å². The Balaban J connectivity index is 2.25. The molecule has 1 amide bonds. The Morgan fingerprint density at radius 1 is 1.21 bits per heavy atom. The molecule has 0 heterocycles. The number of carbonyl (C=O) groups excluding carboxylic acids is 1. The van der Waals surface area contributed by atoms with Gasteiger partial charge in [-0.3, -0.25) is 4.79 Å². The topological polar surface area (TPSA) is 47.6 Å². The lowest BCUT2D eigenvalue weighted by Gasteiger charge is -2.25. The lowest BCUT2D eigenvalue weighted by Crippen LogP contribution is -2.41. The number of hydrogen-bond donors (Lipinski definition) is 1. The molecule has 1 aliphatic rings. The summed E-state index contributed by atoms with van der Waals surface area (Å²) < 4.78 is 10.5. The molecule has 1 fully saturated rings. The molecule has 4 heteroatoms. The van der Waals surface area contributed by atoms with Crippen LogP contribution in [0.4, 0.5) is 0 Å². The summed E-state index contributed by atoms with van der Waals surface area (Å²) in [5.41, 5.74) is 0.339. The summed E-state index contributed by atoms with van der Waals surface area (Å²) in [5.74, 6) is 1.37. The van der Waals surface area contributed by atoms with Gasteiger partial charge in [0.2, 0.25) is 5.91 Å². The van der Waals surface area contributed by atoms with E-state index >= 15 is 0 Å². The van der Waals surface area contributed by atoms with Gasteiger partial charge >= 0.3 is 0 Å². The predicted octanol–water partition coefficient (Wildman–Crippen LogP) is 2.26. The molecule has 1 N–H and O–H groups in total. The van der Waals surface area contributed by atoms with Crippen LogP contribution in [-0.2, 0) is 10.2 Å². The Hall–Kier alpha value is -1.71. The number of carbonyl (C=O) groups is 1. The second-order valence-electron chi connectivity index (χ2n) is 5.44. The van der Waals surface area contributed by atoms with E-state index in [1.807, 2.05) is 32.0 Å². The molecule has 0 unspecified atom stereocenters. The molecular weight excluding hydrogens is 242 g/mol. The molecule has 1 aromatic rings. The number of amides is 1. The molecule has 0 bridgehead atoms. The largest absolute Gasteiger partial charge is 0.493 e. The van der Waals surface area contributed by atoms with Gasteiger partial charge < -0.3 is 14.8 Å². The van der Waals surface area contributed by atoms with Crippen molar-refractivity contribution in [2.75, 3.05) is 14.2 Å². The van der Waals surface area contributed by atoms with Crippen LogP contribution in [0.3, 0.4) is 0 Å². The molecule has 19 heavy (non-hydrogen) atoms. The number of ether oxygens (including phenoxy) is 2. The van der Waals surface area contributed by atoms with E-state index < -0.39 is 5.41 Å². The van der Waals surface area contributed by atoms with E-state index in [1.54, 1.807) is 14.2 Å². The van der Waals surface area contributed by atoms with Crippen LogP contribution < -0.4 is 14.8 Å². The van der Waals surface area contributed by atoms with Gasteiger partial charge in [-0.25, -0.2) is 0 Å². The van der Waals surface area contributed by atoms with Crippen LogP contribution in [0, 0.1) is 0 Å². The highest BCUT2D eigenvalue weighted by Gasteiger charge is 2.34. The Kier molecular flexibility index (Phi) is 3.69. The molecule has 1 aromatic carbocycles. The van der Waals surface area contributed by atoms with Crippen LogP contribution >= 0.6 is 0 Å². The Morgan fingerprint density at radius 2 is 1.84 bits per heavy atom. The van der Waals surface area contributed by atoms with Gasteiger partial charge in [0.1, 0.15) is 0 Å². The van der Waals surface area contributed by atoms with E-state index in [-0.39, 0.29) is 5.91 Å². The minimum absolute atomic E-state index is 0.0576. The van der Waals surface area contributed by atoms with Crippen molar-refractivity contribution in [3.63, 3.8) is 0 Å². The van der Waals surface area contributed by atoms with E-state index in [0.717, 1.165) is 18.4 Å². The maximum absolute atomic E-state index is 12.3. The summed E-state index contributed by atoms with van der Waals surface area (Å²) in [6.07, 6.45) is 2.18. The average Bonchev–Trinajstić information content (AvgIpc) is 3.21. The Labute approximate surface area is 114 Å². The minimum Gasteiger partial charge on any atom is -0.493 e. The van der Waals surface area contributed by atoms with Gasteiger partial charge in [-0.05, 0) is 44.4 Å². The van der Waals surface area contributed by atoms with Crippen molar-refractivity contribution in [1.29, 1.82) is 0 Å². The molecule has 0 atom stereocenters. The van der Waals surface area contributed by atoms with Crippen LogP contribution in [0.1, 0.15) is 32.3 Å². The van der Waals surface area contributed by atoms with Gasteiger partial charge in [0.25, 0.3) is 0 Å². The molecule has 0 aliphatic heterocycles. The molecular formula is C15H21NO3. The third kappa shape index (κ3) is 2.83. The smallest absolute Gasteiger partial charge is 0.230 e. The molecule has 0 spiro atoms. The van der Waals surface area contributed by atoms with Gasteiger partial charge in [0, 0.05) is 6.04 Å². The third-order valence-electron chi connectivity index (χ3n) is 3.59. The molecule has 1 aliphatic carbocycles. The molecule has 0 aromatic heterocycles. The Morgan fingerprint density at radius 3 is 2.37 bits per heavy atom. The molecule has 104 valence electrons. The molecule has 2 rings (SSSR count). The summed E-state index contributed by atoms with van der Waals surface area (Å²) in [5, 5.41) is 3.05. The summed E-state index contributed by atoms with van der Waals surface area (Å²) in [7, 11) is 3.20. The van der Waals surface area contributed by atoms with Crippen LogP contribution in [0.15, 0.2) is 18.2 Å². The van der Waals surface area contributed by atoms with Crippen LogP contribution in [0.2, 0.25) is 0 Å². The zero-order chi connectivity index (χ0) is 14.0. The first-order valence-electron chi connectivity index (χ1n) is 6.52. The second kappa shape index (κ2) is 5.11. The zero-order valence-electron chi connectivity index (χ0n) is 11.9. The van der Waals surface area contributed by atoms with Crippen molar-refractivity contribution in [3.8, 4) is 11.5 Å². The molecule has 4 nitrogen and oxygen atoms in total. The lowest BCUT2D eigenvalue weighted by atomic mass is 9.83. The van der Waals surface area contributed by atoms with Gasteiger partial charge in [0.15, 0.2) is 11.5 Å². The Bertz CT molecular complexity index is 478. The van der Waals surface area contributed by atoms with Gasteiger partial charge in [-0.2, -0.15) is 0 Å². The fourth-order valence-electron chi connectivity index (χ4n) is 1.95. The van der Waals surface area contributed by atoms with Gasteiger partial charge in [0.05, 0.1) is 19.6 Å². The second-order valence-corrected chi connectivity index (χ2v) is 5.44. The highest BCUT2D eigenvalue weighted by Crippen LogP contribution is 2.34. The molecule has 0 saturated heterocycles. The van der Waals surface area contributed by atoms with Crippen LogP contribution in [0.25, 0.3) is 0 Å². The summed E-state index contributed by atoms with van der Waals surface area (Å²) in [6, 6.07) is 5.98. The van der Waals surface area contributed by atoms with Gasteiger partial charge in [-0.1, -0.05) is 6.07 Å². The number of rotatable bonds is 5. The fraction of sp³-hybridized carbons (Fsp3) is 0.533. The summed E-state index contributed by atoms with van der Waals surface area (Å²) >= 11 is 0. The summed E-state index contributed by atoms with van der Waals surface area (Å²) in [4.78, 5) is 12.3. The normalized spacial score (nSPS) is 14.9. The first kappa shape index (κ1) is 13.7. The monoisotopic (exact) mass is 263 g/mol. The predicted molar refractivity (Wildman–Crippen MR) is 73.7 cm³/mol. The maximum atomic E-state index is 12.3. The number of methoxy groups -OCH3 is 2. The standard InChI is InChI=1S/C15H21NO3/c1-15(2,14(17)16-11-6-7-11)10-5-8-12(18-3)13(9-10)19-4/h5,8-9,11H,6-7H2,1-4H3,(H,16,17).